The summed E-state index contributed by atoms with van der Waals surface area (Å²) in [4.78, 5) is 31.4. The minimum absolute atomic E-state index is 0.0262. The minimum Gasteiger partial charge on any atom is -0.471 e. The van der Waals surface area contributed by atoms with Crippen molar-refractivity contribution < 1.29 is 9.53 Å². The number of rotatable bonds is 3. The van der Waals surface area contributed by atoms with Crippen LogP contribution in [0.2, 0.25) is 5.02 Å². The maximum atomic E-state index is 12.2. The zero-order valence-electron chi connectivity index (χ0n) is 11.8. The molecule has 1 N–H and O–H groups in total. The maximum absolute atomic E-state index is 12.2. The number of aromatic amines is 1. The number of likely N-dealkylation sites (tertiary alicyclic amines) is 1. The van der Waals surface area contributed by atoms with Gasteiger partial charge in [0.05, 0.1) is 30.3 Å². The number of aromatic nitrogens is 2. The molecule has 0 atom stereocenters. The van der Waals surface area contributed by atoms with Crippen LogP contribution < -0.4 is 10.3 Å². The number of halogens is 1. The van der Waals surface area contributed by atoms with E-state index in [2.05, 4.69) is 9.97 Å². The van der Waals surface area contributed by atoms with Crippen LogP contribution in [-0.2, 0) is 0 Å². The largest absolute Gasteiger partial charge is 0.471 e. The average molecular weight is 331 g/mol. The van der Waals surface area contributed by atoms with Gasteiger partial charge in [-0.25, -0.2) is 4.98 Å². The van der Waals surface area contributed by atoms with E-state index in [0.29, 0.717) is 30.1 Å². The Morgan fingerprint density at radius 3 is 2.96 bits per heavy atom. The Morgan fingerprint density at radius 1 is 1.48 bits per heavy atom. The summed E-state index contributed by atoms with van der Waals surface area (Å²) in [6.07, 6.45) is 2.65. The summed E-state index contributed by atoms with van der Waals surface area (Å²) in [5.41, 5.74) is 0.347. The monoisotopic (exact) mass is 330 g/mol. The van der Waals surface area contributed by atoms with Gasteiger partial charge in [-0.3, -0.25) is 9.59 Å². The molecular weight excluding hydrogens is 320 g/mol. The van der Waals surface area contributed by atoms with E-state index in [1.165, 1.54) is 18.5 Å². The lowest BCUT2D eigenvalue weighted by Crippen LogP contribution is -2.56. The molecule has 7 nitrogen and oxygen atoms in total. The van der Waals surface area contributed by atoms with Crippen LogP contribution in [0.1, 0.15) is 15.9 Å². The van der Waals surface area contributed by atoms with E-state index in [1.807, 2.05) is 6.07 Å². The van der Waals surface area contributed by atoms with Crippen LogP contribution in [0, 0.1) is 11.3 Å². The first kappa shape index (κ1) is 15.1. The number of hydrogen-bond donors (Lipinski definition) is 1. The molecule has 1 aliphatic rings. The molecule has 1 fully saturated rings. The molecule has 3 rings (SSSR count). The van der Waals surface area contributed by atoms with E-state index in [0.717, 1.165) is 0 Å². The van der Waals surface area contributed by atoms with Crippen LogP contribution in [0.15, 0.2) is 35.4 Å². The summed E-state index contributed by atoms with van der Waals surface area (Å²) in [6.45, 7) is 0.794. The molecule has 0 spiro atoms. The second-order valence-electron chi connectivity index (χ2n) is 5.01. The fourth-order valence-electron chi connectivity index (χ4n) is 2.15. The first-order chi connectivity index (χ1) is 11.1. The van der Waals surface area contributed by atoms with Gasteiger partial charge < -0.3 is 14.6 Å². The third kappa shape index (κ3) is 3.17. The maximum Gasteiger partial charge on any atom is 0.266 e. The van der Waals surface area contributed by atoms with E-state index in [1.54, 1.807) is 17.0 Å². The van der Waals surface area contributed by atoms with Gasteiger partial charge in [0, 0.05) is 18.5 Å². The van der Waals surface area contributed by atoms with E-state index >= 15 is 0 Å². The van der Waals surface area contributed by atoms with Gasteiger partial charge in [-0.05, 0) is 12.1 Å². The zero-order chi connectivity index (χ0) is 16.4. The molecule has 3 heterocycles. The van der Waals surface area contributed by atoms with Crippen molar-refractivity contribution in [1.82, 2.24) is 14.9 Å². The first-order valence-electron chi connectivity index (χ1n) is 6.77. The third-order valence-corrected chi connectivity index (χ3v) is 3.67. The van der Waals surface area contributed by atoms with E-state index in [-0.39, 0.29) is 17.0 Å². The third-order valence-electron chi connectivity index (χ3n) is 3.39. The molecular formula is C15H11ClN4O3. The molecule has 0 saturated carbocycles. The average Bonchev–Trinajstić information content (AvgIpc) is 2.52. The molecule has 116 valence electrons. The van der Waals surface area contributed by atoms with Gasteiger partial charge in [0.25, 0.3) is 11.5 Å². The lowest BCUT2D eigenvalue weighted by atomic mass is 10.1. The second kappa shape index (κ2) is 6.10. The minimum atomic E-state index is -0.434. The number of amides is 1. The smallest absolute Gasteiger partial charge is 0.266 e. The molecule has 0 bridgehead atoms. The summed E-state index contributed by atoms with van der Waals surface area (Å²) in [7, 11) is 0. The first-order valence-corrected chi connectivity index (χ1v) is 7.15. The zero-order valence-corrected chi connectivity index (χ0v) is 12.6. The molecule has 0 unspecified atom stereocenters. The molecule has 2 aromatic heterocycles. The molecule has 1 amide bonds. The van der Waals surface area contributed by atoms with E-state index < -0.39 is 5.56 Å². The standard InChI is InChI=1S/C15H11ClN4O3/c16-12-4-10(6-19-14(12)21)15(22)20-7-11(8-20)23-13-3-9(5-17)1-2-18-13/h1-4,6,11H,7-8H2,(H,19,21). The Bertz CT molecular complexity index is 852. The number of pyridine rings is 2. The van der Waals surface area contributed by atoms with E-state index in [9.17, 15) is 9.59 Å². The Balaban J connectivity index is 1.60. The van der Waals surface area contributed by atoms with Gasteiger partial charge >= 0.3 is 0 Å². The van der Waals surface area contributed by atoms with Crippen molar-refractivity contribution in [2.45, 2.75) is 6.10 Å². The highest BCUT2D eigenvalue weighted by Gasteiger charge is 2.33. The molecule has 0 aromatic carbocycles. The lowest BCUT2D eigenvalue weighted by molar-refractivity contribution is 0.0159. The summed E-state index contributed by atoms with van der Waals surface area (Å²) >= 11 is 5.71. The highest BCUT2D eigenvalue weighted by Crippen LogP contribution is 2.19. The van der Waals surface area contributed by atoms with Gasteiger partial charge in [0.2, 0.25) is 5.88 Å². The predicted octanol–water partition coefficient (Wildman–Crippen LogP) is 1.20. The summed E-state index contributed by atoms with van der Waals surface area (Å²) in [6, 6.07) is 6.49. The fraction of sp³-hybridized carbons (Fsp3) is 0.200. The Morgan fingerprint density at radius 2 is 2.26 bits per heavy atom. The molecule has 0 aliphatic carbocycles. The van der Waals surface area contributed by atoms with Crippen molar-refractivity contribution in [2.75, 3.05) is 13.1 Å². The second-order valence-corrected chi connectivity index (χ2v) is 5.42. The molecule has 2 aromatic rings. The van der Waals surface area contributed by atoms with Gasteiger partial charge in [0.15, 0.2) is 0 Å². The van der Waals surface area contributed by atoms with Crippen molar-refractivity contribution in [2.24, 2.45) is 0 Å². The van der Waals surface area contributed by atoms with Crippen LogP contribution in [0.5, 0.6) is 5.88 Å². The topological polar surface area (TPSA) is 99.1 Å². The van der Waals surface area contributed by atoms with Crippen LogP contribution in [0.3, 0.4) is 0 Å². The number of nitrogens with zero attached hydrogens (tertiary/aromatic N) is 3. The van der Waals surface area contributed by atoms with Gasteiger partial charge in [-0.2, -0.15) is 5.26 Å². The van der Waals surface area contributed by atoms with Crippen molar-refractivity contribution in [3.05, 3.63) is 57.1 Å². The van der Waals surface area contributed by atoms with Crippen LogP contribution in [0.25, 0.3) is 0 Å². The van der Waals surface area contributed by atoms with E-state index in [4.69, 9.17) is 21.6 Å². The van der Waals surface area contributed by atoms with Gasteiger partial charge in [-0.15, -0.1) is 0 Å². The SMILES string of the molecule is N#Cc1ccnc(OC2CN(C(=O)c3c[nH]c(=O)c(Cl)c3)C2)c1. The normalized spacial score (nSPS) is 14.0. The molecule has 1 aliphatic heterocycles. The van der Waals surface area contributed by atoms with Crippen molar-refractivity contribution in [1.29, 1.82) is 5.26 Å². The number of H-pyrrole nitrogens is 1. The number of carbonyl (C=O) groups is 1. The van der Waals surface area contributed by atoms with Crippen molar-refractivity contribution in [3.8, 4) is 11.9 Å². The quantitative estimate of drug-likeness (QED) is 0.911. The number of nitrogens with one attached hydrogen (secondary N) is 1. The molecule has 1 saturated heterocycles. The number of carbonyl (C=O) groups excluding carboxylic acids is 1. The fourth-order valence-corrected chi connectivity index (χ4v) is 2.33. The Labute approximate surface area is 136 Å². The molecule has 23 heavy (non-hydrogen) atoms. The van der Waals surface area contributed by atoms with Crippen LogP contribution in [-0.4, -0.2) is 40.0 Å². The molecule has 0 radical (unpaired) electrons. The van der Waals surface area contributed by atoms with Gasteiger partial charge in [0.1, 0.15) is 11.1 Å². The summed E-state index contributed by atoms with van der Waals surface area (Å²) in [5.74, 6) is 0.120. The highest BCUT2D eigenvalue weighted by molar-refractivity contribution is 6.30. The number of nitriles is 1. The number of ether oxygens (including phenoxy) is 1. The van der Waals surface area contributed by atoms with Crippen molar-refractivity contribution >= 4 is 17.5 Å². The Hall–Kier alpha value is -2.85. The lowest BCUT2D eigenvalue weighted by Gasteiger charge is -2.38. The van der Waals surface area contributed by atoms with Crippen LogP contribution in [0.4, 0.5) is 0 Å². The highest BCUT2D eigenvalue weighted by atomic mass is 35.5. The Kier molecular flexibility index (Phi) is 4.00. The molecule has 8 heteroatoms. The van der Waals surface area contributed by atoms with Crippen molar-refractivity contribution in [3.63, 3.8) is 0 Å². The van der Waals surface area contributed by atoms with Gasteiger partial charge in [-0.1, -0.05) is 11.6 Å². The summed E-state index contributed by atoms with van der Waals surface area (Å²) < 4.78 is 5.61. The predicted molar refractivity (Wildman–Crippen MR) is 81.3 cm³/mol. The summed E-state index contributed by atoms with van der Waals surface area (Å²) in [5, 5.41) is 8.80. The van der Waals surface area contributed by atoms with Crippen LogP contribution >= 0.6 is 11.6 Å². The number of hydrogen-bond acceptors (Lipinski definition) is 5.